The van der Waals surface area contributed by atoms with Gasteiger partial charge in [0.05, 0.1) is 35.1 Å². The second-order valence-corrected chi connectivity index (χ2v) is 9.08. The van der Waals surface area contributed by atoms with Crippen LogP contribution in [0.4, 0.5) is 0 Å². The molecule has 1 N–H and O–H groups in total. The van der Waals surface area contributed by atoms with E-state index in [0.717, 1.165) is 11.3 Å². The van der Waals surface area contributed by atoms with Crippen molar-refractivity contribution >= 4 is 17.7 Å². The summed E-state index contributed by atoms with van der Waals surface area (Å²) in [5, 5.41) is 22.0. The molecule has 2 aliphatic rings. The van der Waals surface area contributed by atoms with Crippen LogP contribution in [0.1, 0.15) is 44.2 Å². The summed E-state index contributed by atoms with van der Waals surface area (Å²) in [6, 6.07) is 17.0. The van der Waals surface area contributed by atoms with Crippen molar-refractivity contribution < 1.29 is 19.4 Å². The fourth-order valence-corrected chi connectivity index (χ4v) is 5.52. The molecule has 0 aliphatic carbocycles. The van der Waals surface area contributed by atoms with Crippen LogP contribution in [-0.2, 0) is 10.5 Å². The number of ether oxygens (including phenoxy) is 2. The fraction of sp³-hybridized carbons (Fsp3) is 0.360. The summed E-state index contributed by atoms with van der Waals surface area (Å²) in [7, 11) is 0. The Hall–Kier alpha value is -2.95. The smallest absolute Gasteiger partial charge is 0.231 e. The summed E-state index contributed by atoms with van der Waals surface area (Å²) >= 11 is 1.35. The van der Waals surface area contributed by atoms with Crippen molar-refractivity contribution in [1.29, 1.82) is 5.26 Å². The van der Waals surface area contributed by atoms with Gasteiger partial charge in [0.15, 0.2) is 5.72 Å². The quantitative estimate of drug-likeness (QED) is 0.697. The molecule has 2 heterocycles. The first-order valence-electron chi connectivity index (χ1n) is 10.7. The second-order valence-electron chi connectivity index (χ2n) is 8.11. The standard InChI is InChI=1S/C25H26N2O4S/c1-4-30-19-11-7-18(8-12-19)25(29)15-32-24-22(14-26)21(13-23(28)27(24)25)17-5-9-20(10-6-17)31-16(2)3/h5-12,16,21,29H,4,13,15H2,1-3H3/t21-,25+/m0/s1. The number of nitrogens with zero attached hydrogens (tertiary/aromatic N) is 2. The van der Waals surface area contributed by atoms with Gasteiger partial charge in [0.1, 0.15) is 11.5 Å². The molecule has 2 aliphatic heterocycles. The van der Waals surface area contributed by atoms with Gasteiger partial charge in [-0.25, -0.2) is 0 Å². The first-order valence-corrected chi connectivity index (χ1v) is 11.7. The highest BCUT2D eigenvalue weighted by atomic mass is 32.2. The normalized spacial score (nSPS) is 22.7. The monoisotopic (exact) mass is 450 g/mol. The van der Waals surface area contributed by atoms with E-state index < -0.39 is 5.72 Å². The molecule has 7 heteroatoms. The molecule has 0 aromatic heterocycles. The minimum absolute atomic E-state index is 0.0672. The van der Waals surface area contributed by atoms with E-state index in [9.17, 15) is 15.2 Å². The third-order valence-corrected chi connectivity index (χ3v) is 6.82. The maximum Gasteiger partial charge on any atom is 0.231 e. The number of hydrogen-bond donors (Lipinski definition) is 1. The van der Waals surface area contributed by atoms with Gasteiger partial charge in [-0.3, -0.25) is 9.69 Å². The molecular weight excluding hydrogens is 424 g/mol. The lowest BCUT2D eigenvalue weighted by molar-refractivity contribution is -0.149. The lowest BCUT2D eigenvalue weighted by Gasteiger charge is -2.38. The van der Waals surface area contributed by atoms with Gasteiger partial charge in [-0.2, -0.15) is 5.26 Å². The van der Waals surface area contributed by atoms with Crippen molar-refractivity contribution in [2.45, 2.75) is 44.9 Å². The summed E-state index contributed by atoms with van der Waals surface area (Å²) in [6.45, 7) is 6.38. The van der Waals surface area contributed by atoms with Crippen LogP contribution in [-0.4, -0.2) is 34.4 Å². The van der Waals surface area contributed by atoms with E-state index in [4.69, 9.17) is 9.47 Å². The Labute approximate surface area is 192 Å². The molecular formula is C25H26N2O4S. The number of carbonyl (C=O) groups is 1. The topological polar surface area (TPSA) is 82.8 Å². The average Bonchev–Trinajstić information content (AvgIpc) is 3.14. The van der Waals surface area contributed by atoms with Gasteiger partial charge in [0.2, 0.25) is 5.91 Å². The molecule has 6 nitrogen and oxygen atoms in total. The lowest BCUT2D eigenvalue weighted by atomic mass is 9.85. The average molecular weight is 451 g/mol. The van der Waals surface area contributed by atoms with Crippen molar-refractivity contribution in [1.82, 2.24) is 4.90 Å². The number of carbonyl (C=O) groups excluding carboxylic acids is 1. The number of fused-ring (bicyclic) bond motifs is 1. The fourth-order valence-electron chi connectivity index (χ4n) is 4.16. The van der Waals surface area contributed by atoms with Gasteiger partial charge in [-0.15, -0.1) is 11.8 Å². The predicted octanol–water partition coefficient (Wildman–Crippen LogP) is 4.52. The zero-order chi connectivity index (χ0) is 22.9. The predicted molar refractivity (Wildman–Crippen MR) is 123 cm³/mol. The minimum atomic E-state index is -1.50. The maximum absolute atomic E-state index is 13.3. The maximum atomic E-state index is 13.3. The molecule has 1 fully saturated rings. The molecule has 0 saturated carbocycles. The summed E-state index contributed by atoms with van der Waals surface area (Å²) in [5.74, 6) is 1.17. The van der Waals surface area contributed by atoms with Crippen LogP contribution in [0, 0.1) is 11.3 Å². The van der Waals surface area contributed by atoms with Crippen LogP contribution in [0.5, 0.6) is 11.5 Å². The van der Waals surface area contributed by atoms with Crippen molar-refractivity contribution in [2.24, 2.45) is 0 Å². The van der Waals surface area contributed by atoms with E-state index in [2.05, 4.69) is 6.07 Å². The molecule has 0 bridgehead atoms. The largest absolute Gasteiger partial charge is 0.494 e. The summed E-state index contributed by atoms with van der Waals surface area (Å²) in [5.41, 5.74) is 0.496. The van der Waals surface area contributed by atoms with Crippen LogP contribution in [0.15, 0.2) is 59.1 Å². The van der Waals surface area contributed by atoms with E-state index in [1.165, 1.54) is 16.7 Å². The molecule has 0 unspecified atom stereocenters. The number of nitriles is 1. The molecule has 0 radical (unpaired) electrons. The van der Waals surface area contributed by atoms with Crippen LogP contribution in [0.2, 0.25) is 0 Å². The number of allylic oxidation sites excluding steroid dienone is 1. The second kappa shape index (κ2) is 8.89. The third-order valence-electron chi connectivity index (χ3n) is 5.59. The first-order chi connectivity index (χ1) is 15.4. The Morgan fingerprint density at radius 2 is 1.84 bits per heavy atom. The van der Waals surface area contributed by atoms with E-state index >= 15 is 0 Å². The van der Waals surface area contributed by atoms with Gasteiger partial charge in [-0.1, -0.05) is 24.3 Å². The van der Waals surface area contributed by atoms with E-state index in [1.54, 1.807) is 24.3 Å². The van der Waals surface area contributed by atoms with Crippen molar-refractivity contribution in [2.75, 3.05) is 12.4 Å². The number of benzene rings is 2. The van der Waals surface area contributed by atoms with E-state index in [1.807, 2.05) is 45.0 Å². The SMILES string of the molecule is CCOc1ccc([C@]2(O)CSC3=C(C#N)[C@H](c4ccc(OC(C)C)cc4)CC(=O)N32)cc1. The highest BCUT2D eigenvalue weighted by Gasteiger charge is 2.51. The molecule has 166 valence electrons. The van der Waals surface area contributed by atoms with Gasteiger partial charge in [0, 0.05) is 17.9 Å². The highest BCUT2D eigenvalue weighted by molar-refractivity contribution is 8.03. The van der Waals surface area contributed by atoms with Crippen molar-refractivity contribution in [3.05, 3.63) is 70.3 Å². The van der Waals surface area contributed by atoms with Crippen LogP contribution in [0.3, 0.4) is 0 Å². The summed E-state index contributed by atoms with van der Waals surface area (Å²) < 4.78 is 11.2. The van der Waals surface area contributed by atoms with Gasteiger partial charge >= 0.3 is 0 Å². The van der Waals surface area contributed by atoms with Crippen molar-refractivity contribution in [3.8, 4) is 17.6 Å². The number of aliphatic hydroxyl groups is 1. The van der Waals surface area contributed by atoms with Gasteiger partial charge in [-0.05, 0) is 50.6 Å². The molecule has 2 aromatic carbocycles. The van der Waals surface area contributed by atoms with Crippen LogP contribution >= 0.6 is 11.8 Å². The summed E-state index contributed by atoms with van der Waals surface area (Å²) in [6.07, 6.45) is 0.189. The highest BCUT2D eigenvalue weighted by Crippen LogP contribution is 2.51. The minimum Gasteiger partial charge on any atom is -0.494 e. The Bertz CT molecular complexity index is 1070. The number of thioether (sulfide) groups is 1. The number of amides is 1. The molecule has 2 atom stereocenters. The van der Waals surface area contributed by atoms with Crippen molar-refractivity contribution in [3.63, 3.8) is 0 Å². The van der Waals surface area contributed by atoms with Crippen LogP contribution in [0.25, 0.3) is 0 Å². The lowest BCUT2D eigenvalue weighted by Crippen LogP contribution is -2.48. The number of rotatable bonds is 6. The molecule has 2 aromatic rings. The molecule has 1 amide bonds. The third kappa shape index (κ3) is 3.96. The van der Waals surface area contributed by atoms with E-state index in [0.29, 0.717) is 28.5 Å². The van der Waals surface area contributed by atoms with Gasteiger partial charge in [0.25, 0.3) is 0 Å². The first kappa shape index (κ1) is 22.3. The van der Waals surface area contributed by atoms with Crippen LogP contribution < -0.4 is 9.47 Å². The van der Waals surface area contributed by atoms with E-state index in [-0.39, 0.29) is 30.1 Å². The zero-order valence-corrected chi connectivity index (χ0v) is 19.2. The molecule has 32 heavy (non-hydrogen) atoms. The Morgan fingerprint density at radius 3 is 2.44 bits per heavy atom. The number of hydrogen-bond acceptors (Lipinski definition) is 6. The Kier molecular flexibility index (Phi) is 6.18. The molecule has 0 spiro atoms. The Morgan fingerprint density at radius 1 is 1.19 bits per heavy atom. The van der Waals surface area contributed by atoms with Gasteiger partial charge < -0.3 is 14.6 Å². The zero-order valence-electron chi connectivity index (χ0n) is 18.4. The summed E-state index contributed by atoms with van der Waals surface area (Å²) in [4.78, 5) is 14.7. The molecule has 1 saturated heterocycles. The molecule has 4 rings (SSSR count). The Balaban J connectivity index is 1.67.